The van der Waals surface area contributed by atoms with Crippen molar-refractivity contribution in [2.75, 3.05) is 18.0 Å². The zero-order chi connectivity index (χ0) is 24.2. The predicted molar refractivity (Wildman–Crippen MR) is 135 cm³/mol. The van der Waals surface area contributed by atoms with Gasteiger partial charge in [0.05, 0.1) is 17.2 Å². The maximum Gasteiger partial charge on any atom is 0.306 e. The maximum absolute atomic E-state index is 12.6. The standard InChI is InChI=1S/C20H29N3O3.C7H14/c1-13-12-23(11-10-16(13)20(25)26)18-9-8-17(14(2)21-18)19(24)22-15-6-4-3-5-7-15;1-3-5-7-6-4-2/h8-9,13,15-16H,3-7,10-12H2,1-2H3,(H,22,24)(H,25,26);3,5H,4,6-7H2,1-2H3/b;5-3+. The van der Waals surface area contributed by atoms with Gasteiger partial charge in [-0.15, -0.1) is 0 Å². The first-order valence-electron chi connectivity index (χ1n) is 12.7. The summed E-state index contributed by atoms with van der Waals surface area (Å²) < 4.78 is 0. The van der Waals surface area contributed by atoms with Crippen LogP contribution >= 0.6 is 0 Å². The Hall–Kier alpha value is -2.37. The lowest BCUT2D eigenvalue weighted by Crippen LogP contribution is -2.42. The Morgan fingerprint density at radius 2 is 1.94 bits per heavy atom. The third-order valence-electron chi connectivity index (χ3n) is 6.76. The number of nitrogens with zero attached hydrogens (tertiary/aromatic N) is 2. The molecule has 0 spiro atoms. The van der Waals surface area contributed by atoms with Gasteiger partial charge in [0.15, 0.2) is 0 Å². The minimum Gasteiger partial charge on any atom is -0.481 e. The first-order valence-corrected chi connectivity index (χ1v) is 12.7. The molecule has 2 aliphatic rings. The molecule has 6 nitrogen and oxygen atoms in total. The molecule has 1 aliphatic carbocycles. The van der Waals surface area contributed by atoms with Gasteiger partial charge in [0, 0.05) is 19.1 Å². The van der Waals surface area contributed by atoms with Crippen molar-refractivity contribution in [2.45, 2.75) is 91.5 Å². The average Bonchev–Trinajstić information content (AvgIpc) is 2.80. The van der Waals surface area contributed by atoms with Crippen molar-refractivity contribution in [3.63, 3.8) is 0 Å². The molecule has 6 heteroatoms. The van der Waals surface area contributed by atoms with E-state index >= 15 is 0 Å². The largest absolute Gasteiger partial charge is 0.481 e. The SMILES string of the molecule is C/C=C/CCCC.Cc1nc(N2CCC(C(=O)O)C(C)C2)ccc1C(=O)NC1CCCCC1. The number of carboxylic acids is 1. The Kier molecular flexibility index (Phi) is 11.4. The number of hydrogen-bond acceptors (Lipinski definition) is 4. The van der Waals surface area contributed by atoms with E-state index in [1.54, 1.807) is 0 Å². The molecule has 1 aliphatic heterocycles. The van der Waals surface area contributed by atoms with Crippen LogP contribution in [0.25, 0.3) is 0 Å². The van der Waals surface area contributed by atoms with Crippen LogP contribution in [-0.4, -0.2) is 41.1 Å². The number of aliphatic carboxylic acids is 1. The highest BCUT2D eigenvalue weighted by molar-refractivity contribution is 5.95. The van der Waals surface area contributed by atoms with Gasteiger partial charge in [-0.3, -0.25) is 9.59 Å². The molecule has 184 valence electrons. The summed E-state index contributed by atoms with van der Waals surface area (Å²) in [6.45, 7) is 9.48. The Labute approximate surface area is 199 Å². The third-order valence-corrected chi connectivity index (χ3v) is 6.76. The molecule has 1 amide bonds. The highest BCUT2D eigenvalue weighted by Gasteiger charge is 2.31. The van der Waals surface area contributed by atoms with Crippen LogP contribution in [0.15, 0.2) is 24.3 Å². The van der Waals surface area contributed by atoms with Crippen molar-refractivity contribution in [3.05, 3.63) is 35.5 Å². The van der Waals surface area contributed by atoms with Crippen LogP contribution in [0.4, 0.5) is 5.82 Å². The van der Waals surface area contributed by atoms with Gasteiger partial charge in [-0.25, -0.2) is 4.98 Å². The van der Waals surface area contributed by atoms with Crippen LogP contribution in [-0.2, 0) is 4.79 Å². The van der Waals surface area contributed by atoms with Crippen LogP contribution in [0.5, 0.6) is 0 Å². The number of carboxylic acid groups (broad SMARTS) is 1. The predicted octanol–water partition coefficient (Wildman–Crippen LogP) is 5.75. The smallest absolute Gasteiger partial charge is 0.306 e. The van der Waals surface area contributed by atoms with Crippen LogP contribution in [0, 0.1) is 18.8 Å². The molecule has 33 heavy (non-hydrogen) atoms. The lowest BCUT2D eigenvalue weighted by Gasteiger charge is -2.35. The van der Waals surface area contributed by atoms with Gasteiger partial charge in [0.25, 0.3) is 5.91 Å². The zero-order valence-electron chi connectivity index (χ0n) is 21.0. The van der Waals surface area contributed by atoms with Gasteiger partial charge in [-0.1, -0.05) is 58.1 Å². The van der Waals surface area contributed by atoms with Crippen LogP contribution in [0.3, 0.4) is 0 Å². The van der Waals surface area contributed by atoms with E-state index in [0.29, 0.717) is 25.1 Å². The van der Waals surface area contributed by atoms with E-state index in [2.05, 4.69) is 41.2 Å². The molecule has 2 unspecified atom stereocenters. The summed E-state index contributed by atoms with van der Waals surface area (Å²) in [5, 5.41) is 12.4. The summed E-state index contributed by atoms with van der Waals surface area (Å²) in [6, 6.07) is 4.02. The minimum absolute atomic E-state index is 0.0357. The molecule has 3 rings (SSSR count). The number of piperidine rings is 1. The number of allylic oxidation sites excluding steroid dienone is 2. The van der Waals surface area contributed by atoms with E-state index in [1.165, 1.54) is 38.5 Å². The topological polar surface area (TPSA) is 82.5 Å². The quantitative estimate of drug-likeness (QED) is 0.402. The Morgan fingerprint density at radius 1 is 1.21 bits per heavy atom. The molecular formula is C27H43N3O3. The van der Waals surface area contributed by atoms with Crippen molar-refractivity contribution in [2.24, 2.45) is 11.8 Å². The van der Waals surface area contributed by atoms with E-state index in [0.717, 1.165) is 24.4 Å². The van der Waals surface area contributed by atoms with E-state index < -0.39 is 5.97 Å². The molecule has 0 aromatic carbocycles. The number of aromatic nitrogens is 1. The molecule has 1 aromatic heterocycles. The van der Waals surface area contributed by atoms with E-state index in [1.807, 2.05) is 26.0 Å². The summed E-state index contributed by atoms with van der Waals surface area (Å²) in [7, 11) is 0. The number of carbonyl (C=O) groups excluding carboxylic acids is 1. The van der Waals surface area contributed by atoms with Crippen LogP contribution < -0.4 is 10.2 Å². The Bertz CT molecular complexity index is 787. The monoisotopic (exact) mass is 457 g/mol. The van der Waals surface area contributed by atoms with E-state index in [-0.39, 0.29) is 23.8 Å². The molecule has 2 heterocycles. The first kappa shape index (κ1) is 26.9. The van der Waals surface area contributed by atoms with Crippen molar-refractivity contribution in [1.82, 2.24) is 10.3 Å². The molecule has 0 radical (unpaired) electrons. The Morgan fingerprint density at radius 3 is 2.52 bits per heavy atom. The molecule has 2 N–H and O–H groups in total. The second kappa shape index (κ2) is 14.0. The van der Waals surface area contributed by atoms with Crippen molar-refractivity contribution < 1.29 is 14.7 Å². The fourth-order valence-electron chi connectivity index (χ4n) is 4.68. The van der Waals surface area contributed by atoms with E-state index in [4.69, 9.17) is 0 Å². The van der Waals surface area contributed by atoms with Gasteiger partial charge in [-0.2, -0.15) is 0 Å². The number of hydrogen-bond donors (Lipinski definition) is 2. The molecule has 2 atom stereocenters. The van der Waals surface area contributed by atoms with Gasteiger partial charge in [0.1, 0.15) is 5.82 Å². The van der Waals surface area contributed by atoms with Crippen LogP contribution in [0.1, 0.15) is 94.6 Å². The fraction of sp³-hybridized carbons (Fsp3) is 0.667. The number of anilines is 1. The van der Waals surface area contributed by atoms with Crippen molar-refractivity contribution in [1.29, 1.82) is 0 Å². The summed E-state index contributed by atoms with van der Waals surface area (Å²) >= 11 is 0. The zero-order valence-corrected chi connectivity index (χ0v) is 21.0. The molecule has 1 aromatic rings. The van der Waals surface area contributed by atoms with Crippen molar-refractivity contribution >= 4 is 17.7 Å². The number of unbranched alkanes of at least 4 members (excludes halogenated alkanes) is 2. The second-order valence-electron chi connectivity index (χ2n) is 9.48. The lowest BCUT2D eigenvalue weighted by atomic mass is 9.87. The van der Waals surface area contributed by atoms with Gasteiger partial charge in [-0.05, 0) is 57.6 Å². The summed E-state index contributed by atoms with van der Waals surface area (Å²) in [5.74, 6) is -0.125. The maximum atomic E-state index is 12.6. The molecule has 2 fully saturated rings. The Balaban J connectivity index is 0.000000479. The number of pyridine rings is 1. The normalized spacial score (nSPS) is 21.4. The van der Waals surface area contributed by atoms with Gasteiger partial charge < -0.3 is 15.3 Å². The molecule has 0 bridgehead atoms. The van der Waals surface area contributed by atoms with Gasteiger partial charge in [0.2, 0.25) is 0 Å². The molecular weight excluding hydrogens is 414 g/mol. The van der Waals surface area contributed by atoms with Gasteiger partial charge >= 0.3 is 5.97 Å². The summed E-state index contributed by atoms with van der Waals surface area (Å²) in [5.41, 5.74) is 1.36. The number of amides is 1. The minimum atomic E-state index is -0.712. The second-order valence-corrected chi connectivity index (χ2v) is 9.48. The van der Waals surface area contributed by atoms with E-state index in [9.17, 15) is 14.7 Å². The number of nitrogens with one attached hydrogen (secondary N) is 1. The van der Waals surface area contributed by atoms with Crippen LogP contribution in [0.2, 0.25) is 0 Å². The number of rotatable bonds is 7. The highest BCUT2D eigenvalue weighted by Crippen LogP contribution is 2.27. The summed E-state index contributed by atoms with van der Waals surface area (Å²) in [6.07, 6.45) is 14.6. The molecule has 1 saturated carbocycles. The molecule has 1 saturated heterocycles. The number of aryl methyl sites for hydroxylation is 1. The lowest BCUT2D eigenvalue weighted by molar-refractivity contribution is -0.144. The van der Waals surface area contributed by atoms with Crippen molar-refractivity contribution in [3.8, 4) is 0 Å². The highest BCUT2D eigenvalue weighted by atomic mass is 16.4. The number of carbonyl (C=O) groups is 2. The third kappa shape index (κ3) is 8.49. The first-order chi connectivity index (χ1) is 15.9. The fourth-order valence-corrected chi connectivity index (χ4v) is 4.68. The summed E-state index contributed by atoms with van der Waals surface area (Å²) in [4.78, 5) is 30.6. The average molecular weight is 458 g/mol.